The summed E-state index contributed by atoms with van der Waals surface area (Å²) in [5.74, 6) is -1.80. The fraction of sp³-hybridized carbons (Fsp3) is 0.667. The van der Waals surface area contributed by atoms with E-state index in [1.165, 1.54) is 0 Å². The summed E-state index contributed by atoms with van der Waals surface area (Å²) < 4.78 is 64.2. The summed E-state index contributed by atoms with van der Waals surface area (Å²) in [4.78, 5) is 0. The van der Waals surface area contributed by atoms with Gasteiger partial charge in [-0.15, -0.1) is 0 Å². The summed E-state index contributed by atoms with van der Waals surface area (Å²) in [6.07, 6.45) is 4.32. The maximum absolute atomic E-state index is 13.6. The van der Waals surface area contributed by atoms with Gasteiger partial charge in [-0.2, -0.15) is 0 Å². The summed E-state index contributed by atoms with van der Waals surface area (Å²) in [5, 5.41) is -0.348. The molecule has 24 heavy (non-hydrogen) atoms. The molecule has 0 atom stereocenters. The third-order valence-corrected chi connectivity index (χ3v) is 7.43. The molecule has 1 aliphatic carbocycles. The first-order chi connectivity index (χ1) is 11.2. The van der Waals surface area contributed by atoms with Gasteiger partial charge in [0.05, 0.1) is 11.0 Å². The number of hydrogen-bond donors (Lipinski definition) is 0. The van der Waals surface area contributed by atoms with Crippen molar-refractivity contribution >= 4 is 9.84 Å². The van der Waals surface area contributed by atoms with E-state index in [1.807, 2.05) is 0 Å². The first-order valence-electron chi connectivity index (χ1n) is 8.54. The molecule has 1 saturated carbocycles. The van der Waals surface area contributed by atoms with Crippen LogP contribution in [0.1, 0.15) is 51.5 Å². The van der Waals surface area contributed by atoms with E-state index < -0.39 is 27.3 Å². The zero-order valence-corrected chi connectivity index (χ0v) is 15.0. The molecule has 2 rings (SSSR count). The first-order valence-corrected chi connectivity index (χ1v) is 10.3. The number of sulfone groups is 1. The van der Waals surface area contributed by atoms with E-state index in [9.17, 15) is 21.6 Å². The molecule has 0 N–H and O–H groups in total. The predicted molar refractivity (Wildman–Crippen MR) is 89.0 cm³/mol. The van der Waals surface area contributed by atoms with Crippen molar-refractivity contribution in [2.75, 3.05) is 5.75 Å². The van der Waals surface area contributed by atoms with Gasteiger partial charge in [0.25, 0.3) is 0 Å². The molecule has 0 heterocycles. The molecule has 1 aromatic carbocycles. The van der Waals surface area contributed by atoms with Gasteiger partial charge in [0.2, 0.25) is 0 Å². The second kappa shape index (κ2) is 7.89. The van der Waals surface area contributed by atoms with Crippen LogP contribution >= 0.6 is 0 Å². The highest BCUT2D eigenvalue weighted by Gasteiger charge is 2.27. The molecule has 0 aliphatic heterocycles. The molecule has 136 valence electrons. The van der Waals surface area contributed by atoms with Crippen molar-refractivity contribution in [2.24, 2.45) is 11.8 Å². The van der Waals surface area contributed by atoms with Crippen molar-refractivity contribution in [1.29, 1.82) is 0 Å². The lowest BCUT2D eigenvalue weighted by atomic mass is 9.80. The molecular formula is C18H25F3O2S. The van der Waals surface area contributed by atoms with Crippen LogP contribution < -0.4 is 0 Å². The zero-order chi connectivity index (χ0) is 17.9. The normalized spacial score (nSPS) is 22.1. The van der Waals surface area contributed by atoms with Crippen LogP contribution in [0.15, 0.2) is 12.1 Å². The quantitative estimate of drug-likeness (QED) is 0.737. The van der Waals surface area contributed by atoms with Crippen molar-refractivity contribution in [1.82, 2.24) is 0 Å². The molecule has 1 fully saturated rings. The fourth-order valence-corrected chi connectivity index (χ4v) is 4.74. The number of rotatable bonds is 6. The van der Waals surface area contributed by atoms with Gasteiger partial charge in [-0.05, 0) is 51.4 Å². The number of benzene rings is 1. The monoisotopic (exact) mass is 362 g/mol. The molecule has 0 aromatic heterocycles. The van der Waals surface area contributed by atoms with Crippen molar-refractivity contribution in [2.45, 2.75) is 57.6 Å². The third kappa shape index (κ3) is 4.98. The molecule has 0 spiro atoms. The maximum Gasteiger partial charge on any atom is 0.152 e. The summed E-state index contributed by atoms with van der Waals surface area (Å²) in [7, 11) is -3.02. The molecule has 2 nitrogen and oxygen atoms in total. The zero-order valence-electron chi connectivity index (χ0n) is 14.2. The second-order valence-corrected chi connectivity index (χ2v) is 9.75. The van der Waals surface area contributed by atoms with E-state index in [4.69, 9.17) is 0 Å². The Balaban J connectivity index is 1.84. The van der Waals surface area contributed by atoms with E-state index >= 15 is 0 Å². The Morgan fingerprint density at radius 2 is 1.50 bits per heavy atom. The van der Waals surface area contributed by atoms with Crippen molar-refractivity contribution in [3.05, 3.63) is 35.1 Å². The SMILES string of the molecule is CC(C)S(=O)(=O)CC1CCC(CCc2c(F)cc(F)cc2F)CC1. The van der Waals surface area contributed by atoms with Crippen molar-refractivity contribution in [3.8, 4) is 0 Å². The van der Waals surface area contributed by atoms with Gasteiger partial charge in [0, 0.05) is 17.7 Å². The second-order valence-electron chi connectivity index (χ2n) is 7.15. The van der Waals surface area contributed by atoms with Gasteiger partial charge < -0.3 is 0 Å². The Hall–Kier alpha value is -1.04. The lowest BCUT2D eigenvalue weighted by molar-refractivity contribution is 0.277. The summed E-state index contributed by atoms with van der Waals surface area (Å²) >= 11 is 0. The molecule has 1 aliphatic rings. The van der Waals surface area contributed by atoms with Crippen molar-refractivity contribution < 1.29 is 21.6 Å². The maximum atomic E-state index is 13.6. The standard InChI is InChI=1S/C18H25F3O2S/c1-12(2)24(22,23)11-14-5-3-13(4-6-14)7-8-16-17(20)9-15(19)10-18(16)21/h9-10,12-14H,3-8,11H2,1-2H3. The molecule has 0 saturated heterocycles. The highest BCUT2D eigenvalue weighted by Crippen LogP contribution is 2.33. The summed E-state index contributed by atoms with van der Waals surface area (Å²) in [6.45, 7) is 3.40. The minimum Gasteiger partial charge on any atom is -0.229 e. The van der Waals surface area contributed by atoms with E-state index in [0.29, 0.717) is 24.5 Å². The molecule has 1 aromatic rings. The molecule has 0 unspecified atom stereocenters. The van der Waals surface area contributed by atoms with Crippen LogP contribution in [0.3, 0.4) is 0 Å². The van der Waals surface area contributed by atoms with Crippen LogP contribution in [-0.4, -0.2) is 19.4 Å². The molecule has 6 heteroatoms. The lowest BCUT2D eigenvalue weighted by Gasteiger charge is -2.29. The van der Waals surface area contributed by atoms with Crippen LogP contribution in [-0.2, 0) is 16.3 Å². The Kier molecular flexibility index (Phi) is 6.34. The van der Waals surface area contributed by atoms with E-state index in [-0.39, 0.29) is 28.9 Å². The average Bonchev–Trinajstić information content (AvgIpc) is 2.47. The Morgan fingerprint density at radius 1 is 1.00 bits per heavy atom. The van der Waals surface area contributed by atoms with Gasteiger partial charge in [-0.3, -0.25) is 0 Å². The highest BCUT2D eigenvalue weighted by molar-refractivity contribution is 7.91. The molecule has 0 radical (unpaired) electrons. The number of halogens is 3. The molecular weight excluding hydrogens is 337 g/mol. The molecule has 0 bridgehead atoms. The van der Waals surface area contributed by atoms with Crippen LogP contribution in [0.4, 0.5) is 13.2 Å². The van der Waals surface area contributed by atoms with Gasteiger partial charge in [0.1, 0.15) is 17.5 Å². The Morgan fingerprint density at radius 3 is 2.00 bits per heavy atom. The van der Waals surface area contributed by atoms with Gasteiger partial charge in [0.15, 0.2) is 9.84 Å². The fourth-order valence-electron chi connectivity index (χ4n) is 3.37. The van der Waals surface area contributed by atoms with Crippen LogP contribution in [0.5, 0.6) is 0 Å². The molecule has 0 amide bonds. The van der Waals surface area contributed by atoms with Crippen LogP contribution in [0.25, 0.3) is 0 Å². The van der Waals surface area contributed by atoms with Gasteiger partial charge in [-0.1, -0.05) is 12.8 Å². The average molecular weight is 362 g/mol. The largest absolute Gasteiger partial charge is 0.229 e. The van der Waals surface area contributed by atoms with E-state index in [2.05, 4.69) is 0 Å². The predicted octanol–water partition coefficient (Wildman–Crippen LogP) is 4.67. The summed E-state index contributed by atoms with van der Waals surface area (Å²) in [5.41, 5.74) is -0.0547. The minimum absolute atomic E-state index is 0.0547. The highest BCUT2D eigenvalue weighted by atomic mass is 32.2. The Labute approximate surface area is 142 Å². The van der Waals surface area contributed by atoms with Crippen LogP contribution in [0, 0.1) is 29.3 Å². The topological polar surface area (TPSA) is 34.1 Å². The smallest absolute Gasteiger partial charge is 0.152 e. The van der Waals surface area contributed by atoms with E-state index in [0.717, 1.165) is 25.7 Å². The lowest BCUT2D eigenvalue weighted by Crippen LogP contribution is -2.26. The third-order valence-electron chi connectivity index (χ3n) is 5.06. The van der Waals surface area contributed by atoms with Gasteiger partial charge in [-0.25, -0.2) is 21.6 Å². The number of hydrogen-bond acceptors (Lipinski definition) is 2. The first kappa shape index (κ1) is 19.3. The van der Waals surface area contributed by atoms with Crippen LogP contribution in [0.2, 0.25) is 0 Å². The van der Waals surface area contributed by atoms with Crippen molar-refractivity contribution in [3.63, 3.8) is 0 Å². The van der Waals surface area contributed by atoms with Gasteiger partial charge >= 0.3 is 0 Å². The Bertz CT molecular complexity index is 640. The van der Waals surface area contributed by atoms with E-state index in [1.54, 1.807) is 13.8 Å². The summed E-state index contributed by atoms with van der Waals surface area (Å²) in [6, 6.07) is 1.43. The minimum atomic E-state index is -3.02.